The summed E-state index contributed by atoms with van der Waals surface area (Å²) < 4.78 is 32.2. The van der Waals surface area contributed by atoms with Crippen molar-refractivity contribution in [3.8, 4) is 17.1 Å². The van der Waals surface area contributed by atoms with Gasteiger partial charge in [-0.2, -0.15) is 18.6 Å². The molecule has 0 N–H and O–H groups in total. The molecule has 2 aromatic carbocycles. The Labute approximate surface area is 160 Å². The van der Waals surface area contributed by atoms with Crippen LogP contribution in [0.4, 0.5) is 8.78 Å². The van der Waals surface area contributed by atoms with Gasteiger partial charge in [-0.05, 0) is 53.6 Å². The summed E-state index contributed by atoms with van der Waals surface area (Å²) in [6.45, 7) is 2.08. The zero-order valence-electron chi connectivity index (χ0n) is 14.8. The van der Waals surface area contributed by atoms with Gasteiger partial charge >= 0.3 is 0 Å². The Bertz CT molecular complexity index is 908. The number of ether oxygens (including phenoxy) is 1. The van der Waals surface area contributed by atoms with E-state index in [0.29, 0.717) is 28.9 Å². The number of hydrogen-bond acceptors (Lipinski definition) is 5. The lowest BCUT2D eigenvalue weighted by Crippen LogP contribution is -1.98. The summed E-state index contributed by atoms with van der Waals surface area (Å²) in [7, 11) is 1.57. The second-order valence-electron chi connectivity index (χ2n) is 5.56. The molecule has 0 spiro atoms. The number of thioether (sulfide) groups is 1. The van der Waals surface area contributed by atoms with Gasteiger partial charge in [-0.15, -0.1) is 10.2 Å². The van der Waals surface area contributed by atoms with Gasteiger partial charge in [0.25, 0.3) is 5.76 Å². The number of rotatable bonds is 7. The van der Waals surface area contributed by atoms with Crippen LogP contribution in [-0.4, -0.2) is 34.0 Å². The maximum Gasteiger partial charge on any atom is 0.291 e. The number of aryl methyl sites for hydroxylation is 1. The lowest BCUT2D eigenvalue weighted by molar-refractivity contribution is 0.251. The second-order valence-corrected chi connectivity index (χ2v) is 6.52. The van der Waals surface area contributed by atoms with Gasteiger partial charge in [-0.1, -0.05) is 31.2 Å². The number of nitrogens with zero attached hydrogens (tertiary/aromatic N) is 4. The zero-order chi connectivity index (χ0) is 19.2. The van der Waals surface area contributed by atoms with Crippen molar-refractivity contribution < 1.29 is 13.5 Å². The Hall–Kier alpha value is -2.74. The summed E-state index contributed by atoms with van der Waals surface area (Å²) in [6, 6.07) is 15.0. The summed E-state index contributed by atoms with van der Waals surface area (Å²) >= 11 is 0.307. The van der Waals surface area contributed by atoms with Gasteiger partial charge in [0.15, 0.2) is 5.82 Å². The molecule has 3 rings (SSSR count). The summed E-state index contributed by atoms with van der Waals surface area (Å²) in [6.07, 6.45) is 2.55. The van der Waals surface area contributed by atoms with Crippen LogP contribution in [0.5, 0.6) is 5.75 Å². The average molecular weight is 388 g/mol. The monoisotopic (exact) mass is 388 g/mol. The first kappa shape index (κ1) is 19.0. The summed E-state index contributed by atoms with van der Waals surface area (Å²) in [5.41, 5.74) is 2.77. The highest BCUT2D eigenvalue weighted by molar-refractivity contribution is 7.99. The molecule has 0 bridgehead atoms. The summed E-state index contributed by atoms with van der Waals surface area (Å²) in [5.74, 6) is -1.55. The Morgan fingerprint density at radius 2 is 1.81 bits per heavy atom. The second kappa shape index (κ2) is 8.77. The van der Waals surface area contributed by atoms with Crippen LogP contribution in [-0.2, 0) is 6.42 Å². The fraction of sp³-hybridized carbons (Fsp3) is 0.211. The lowest BCUT2D eigenvalue weighted by Gasteiger charge is -2.05. The third kappa shape index (κ3) is 4.71. The first-order chi connectivity index (χ1) is 13.1. The van der Waals surface area contributed by atoms with Gasteiger partial charge in [-0.25, -0.2) is 0 Å². The molecule has 0 amide bonds. The fourth-order valence-corrected chi connectivity index (χ4v) is 2.89. The van der Waals surface area contributed by atoms with E-state index in [1.165, 1.54) is 10.2 Å². The molecule has 1 heterocycles. The fourth-order valence-electron chi connectivity index (χ4n) is 2.41. The molecule has 0 atom stereocenters. The molecule has 5 nitrogen and oxygen atoms in total. The molecule has 8 heteroatoms. The molecule has 0 radical (unpaired) electrons. The van der Waals surface area contributed by atoms with Gasteiger partial charge in [0.1, 0.15) is 5.75 Å². The number of methoxy groups -OCH3 is 1. The molecule has 27 heavy (non-hydrogen) atoms. The van der Waals surface area contributed by atoms with E-state index in [1.54, 1.807) is 37.6 Å². The van der Waals surface area contributed by atoms with E-state index in [4.69, 9.17) is 4.74 Å². The summed E-state index contributed by atoms with van der Waals surface area (Å²) in [4.78, 5) is 0. The van der Waals surface area contributed by atoms with E-state index in [9.17, 15) is 8.78 Å². The van der Waals surface area contributed by atoms with Gasteiger partial charge in [-0.3, -0.25) is 0 Å². The van der Waals surface area contributed by atoms with Crippen LogP contribution in [0, 0.1) is 0 Å². The molecular formula is C19H18F2N4OS. The van der Waals surface area contributed by atoms with Crippen LogP contribution < -0.4 is 4.74 Å². The molecule has 0 saturated heterocycles. The Balaban J connectivity index is 1.96. The van der Waals surface area contributed by atoms with Crippen molar-refractivity contribution >= 4 is 18.0 Å². The lowest BCUT2D eigenvalue weighted by atomic mass is 10.1. The predicted molar refractivity (Wildman–Crippen MR) is 103 cm³/mol. The molecule has 0 fully saturated rings. The molecule has 3 aromatic rings. The zero-order valence-corrected chi connectivity index (χ0v) is 15.7. The standard InChI is InChI=1S/C19H18F2N4OS/c1-3-13-4-6-14(7-5-13)12-22-25-17(23-24-19(25)27-18(20)21)15-8-10-16(26-2)11-9-15/h4-12,18H,3H2,1-2H3/b22-12-. The third-order valence-corrected chi connectivity index (χ3v) is 4.51. The van der Waals surface area contributed by atoms with E-state index < -0.39 is 5.76 Å². The number of alkyl halides is 2. The van der Waals surface area contributed by atoms with E-state index in [1.807, 2.05) is 24.3 Å². The van der Waals surface area contributed by atoms with Gasteiger partial charge in [0, 0.05) is 5.56 Å². The molecule has 0 aliphatic rings. The first-order valence-electron chi connectivity index (χ1n) is 8.28. The van der Waals surface area contributed by atoms with Crippen LogP contribution in [0.15, 0.2) is 58.8 Å². The topological polar surface area (TPSA) is 52.3 Å². The molecular weight excluding hydrogens is 370 g/mol. The molecule has 140 valence electrons. The third-order valence-electron chi connectivity index (χ3n) is 3.87. The van der Waals surface area contributed by atoms with E-state index in [2.05, 4.69) is 22.2 Å². The number of benzene rings is 2. The van der Waals surface area contributed by atoms with Gasteiger partial charge in [0.05, 0.1) is 13.3 Å². The quantitative estimate of drug-likeness (QED) is 0.434. The number of halogens is 2. The van der Waals surface area contributed by atoms with Gasteiger partial charge in [0.2, 0.25) is 5.16 Å². The predicted octanol–water partition coefficient (Wildman–Crippen LogP) is 4.71. The maximum atomic E-state index is 12.9. The van der Waals surface area contributed by atoms with Crippen molar-refractivity contribution in [2.45, 2.75) is 24.3 Å². The van der Waals surface area contributed by atoms with Crippen molar-refractivity contribution in [1.29, 1.82) is 0 Å². The van der Waals surface area contributed by atoms with Crippen LogP contribution in [0.3, 0.4) is 0 Å². The van der Waals surface area contributed by atoms with Crippen molar-refractivity contribution in [2.24, 2.45) is 5.10 Å². The van der Waals surface area contributed by atoms with Gasteiger partial charge < -0.3 is 4.74 Å². The minimum atomic E-state index is -2.62. The molecule has 0 unspecified atom stereocenters. The van der Waals surface area contributed by atoms with Crippen LogP contribution in [0.25, 0.3) is 11.4 Å². The SMILES string of the molecule is CCc1ccc(/C=N\n2c(SC(F)F)nnc2-c2ccc(OC)cc2)cc1. The normalized spacial score (nSPS) is 11.4. The molecule has 0 aliphatic heterocycles. The van der Waals surface area contributed by atoms with E-state index in [0.717, 1.165) is 12.0 Å². The van der Waals surface area contributed by atoms with Crippen LogP contribution in [0.2, 0.25) is 0 Å². The maximum absolute atomic E-state index is 12.9. The minimum Gasteiger partial charge on any atom is -0.497 e. The number of aromatic nitrogens is 3. The van der Waals surface area contributed by atoms with Crippen LogP contribution in [0.1, 0.15) is 18.1 Å². The van der Waals surface area contributed by atoms with E-state index >= 15 is 0 Å². The highest BCUT2D eigenvalue weighted by Crippen LogP contribution is 2.28. The molecule has 0 saturated carbocycles. The molecule has 0 aliphatic carbocycles. The average Bonchev–Trinajstić information content (AvgIpc) is 3.08. The summed E-state index contributed by atoms with van der Waals surface area (Å²) in [5, 5.41) is 12.3. The molecule has 1 aromatic heterocycles. The smallest absolute Gasteiger partial charge is 0.291 e. The minimum absolute atomic E-state index is 0.0252. The highest BCUT2D eigenvalue weighted by atomic mass is 32.2. The number of hydrogen-bond donors (Lipinski definition) is 0. The van der Waals surface area contributed by atoms with Crippen molar-refractivity contribution in [3.05, 3.63) is 59.7 Å². The van der Waals surface area contributed by atoms with Crippen LogP contribution >= 0.6 is 11.8 Å². The van der Waals surface area contributed by atoms with Crippen molar-refractivity contribution in [3.63, 3.8) is 0 Å². The largest absolute Gasteiger partial charge is 0.497 e. The Morgan fingerprint density at radius 1 is 1.11 bits per heavy atom. The highest BCUT2D eigenvalue weighted by Gasteiger charge is 2.18. The van der Waals surface area contributed by atoms with Crippen molar-refractivity contribution in [1.82, 2.24) is 14.9 Å². The Kier molecular flexibility index (Phi) is 6.18. The van der Waals surface area contributed by atoms with E-state index in [-0.39, 0.29) is 5.16 Å². The first-order valence-corrected chi connectivity index (χ1v) is 9.16. The Morgan fingerprint density at radius 3 is 2.41 bits per heavy atom. The van der Waals surface area contributed by atoms with Crippen molar-refractivity contribution in [2.75, 3.05) is 7.11 Å².